The number of carbonyl (C=O) groups excluding carboxylic acids is 2. The van der Waals surface area contributed by atoms with Gasteiger partial charge in [-0.25, -0.2) is 4.79 Å². The third-order valence-corrected chi connectivity index (χ3v) is 2.98. The van der Waals surface area contributed by atoms with E-state index >= 15 is 0 Å². The first-order chi connectivity index (χ1) is 10.3. The molecule has 0 aliphatic carbocycles. The molecule has 1 aromatic carbocycles. The fraction of sp³-hybridized carbons (Fsp3) is 0.333. The molecule has 8 nitrogen and oxygen atoms in total. The quantitative estimate of drug-likeness (QED) is 0.298. The predicted octanol–water partition coefficient (Wildman–Crippen LogP) is 2.46. The van der Waals surface area contributed by atoms with Gasteiger partial charge in [0.05, 0.1) is 19.1 Å². The van der Waals surface area contributed by atoms with Crippen LogP contribution in [0.15, 0.2) is 22.7 Å². The molecule has 0 N–H and O–H groups in total. The van der Waals surface area contributed by atoms with Crippen LogP contribution in [-0.4, -0.2) is 43.0 Å². The Hall–Kier alpha value is -1.68. The zero-order chi connectivity index (χ0) is 17.1. The molecular formula is C12H13Br2NO7. The van der Waals surface area contributed by atoms with Crippen LogP contribution >= 0.6 is 31.9 Å². The first-order valence-corrected chi connectivity index (χ1v) is 7.53. The number of carbonyl (C=O) groups is 2. The second-order valence-corrected chi connectivity index (χ2v) is 4.92. The lowest BCUT2D eigenvalue weighted by Gasteiger charge is -2.05. The largest absolute Gasteiger partial charge is 0.475 e. The van der Waals surface area contributed by atoms with Gasteiger partial charge in [-0.3, -0.25) is 14.9 Å². The van der Waals surface area contributed by atoms with Crippen molar-refractivity contribution in [2.75, 3.05) is 26.2 Å². The smallest absolute Gasteiger partial charge is 0.343 e. The lowest BCUT2D eigenvalue weighted by atomic mass is 10.3. The average molecular weight is 443 g/mol. The Kier molecular flexibility index (Phi) is 10.1. The Morgan fingerprint density at radius 1 is 1.23 bits per heavy atom. The van der Waals surface area contributed by atoms with E-state index in [1.165, 1.54) is 26.4 Å². The number of halogens is 2. The number of ether oxygens (including phenoxy) is 3. The zero-order valence-corrected chi connectivity index (χ0v) is 14.9. The molecule has 0 spiro atoms. The zero-order valence-electron chi connectivity index (χ0n) is 11.7. The molecule has 10 heteroatoms. The SMILES string of the molecule is COC(=O)CBr.COC(=O)COc1ccc(Br)cc1[N+](=O)[O-]. The molecule has 0 unspecified atom stereocenters. The molecule has 22 heavy (non-hydrogen) atoms. The summed E-state index contributed by atoms with van der Waals surface area (Å²) < 4.78 is 14.1. The van der Waals surface area contributed by atoms with Gasteiger partial charge in [0.1, 0.15) is 5.33 Å². The van der Waals surface area contributed by atoms with Gasteiger partial charge in [-0.1, -0.05) is 31.9 Å². The minimum Gasteiger partial charge on any atom is -0.475 e. The summed E-state index contributed by atoms with van der Waals surface area (Å²) in [6, 6.07) is 4.29. The van der Waals surface area contributed by atoms with Crippen LogP contribution in [0.1, 0.15) is 0 Å². The van der Waals surface area contributed by atoms with E-state index in [4.69, 9.17) is 4.74 Å². The van der Waals surface area contributed by atoms with Crippen molar-refractivity contribution in [3.63, 3.8) is 0 Å². The fourth-order valence-corrected chi connectivity index (χ4v) is 1.58. The molecule has 0 aromatic heterocycles. The highest BCUT2D eigenvalue weighted by molar-refractivity contribution is 9.10. The number of esters is 2. The molecule has 0 atom stereocenters. The van der Waals surface area contributed by atoms with Crippen molar-refractivity contribution in [1.82, 2.24) is 0 Å². The van der Waals surface area contributed by atoms with E-state index in [-0.39, 0.29) is 29.3 Å². The molecule has 0 amide bonds. The number of hydrogen-bond donors (Lipinski definition) is 0. The lowest BCUT2D eigenvalue weighted by Crippen LogP contribution is -2.13. The average Bonchev–Trinajstić information content (AvgIpc) is 2.52. The van der Waals surface area contributed by atoms with Crippen LogP contribution in [0, 0.1) is 10.1 Å². The van der Waals surface area contributed by atoms with Crippen LogP contribution in [-0.2, 0) is 19.1 Å². The van der Waals surface area contributed by atoms with Gasteiger partial charge in [-0.05, 0) is 12.1 Å². The molecule has 0 radical (unpaired) electrons. The first kappa shape index (κ1) is 20.3. The molecular weight excluding hydrogens is 430 g/mol. The van der Waals surface area contributed by atoms with Crippen molar-refractivity contribution in [3.05, 3.63) is 32.8 Å². The third kappa shape index (κ3) is 7.93. The number of nitro benzene ring substituents is 1. The molecule has 122 valence electrons. The van der Waals surface area contributed by atoms with Crippen molar-refractivity contribution in [3.8, 4) is 5.75 Å². The molecule has 0 aliphatic heterocycles. The van der Waals surface area contributed by atoms with Gasteiger partial charge in [-0.15, -0.1) is 0 Å². The topological polar surface area (TPSA) is 105 Å². The predicted molar refractivity (Wildman–Crippen MR) is 84.1 cm³/mol. The standard InChI is InChI=1S/C9H8BrNO5.C3H5BrO2/c1-15-9(12)5-16-8-3-2-6(10)4-7(8)11(13)14;1-6-3(5)2-4/h2-4H,5H2,1H3;2H2,1H3. The molecule has 1 rings (SSSR count). The van der Waals surface area contributed by atoms with Crippen molar-refractivity contribution in [2.45, 2.75) is 0 Å². The summed E-state index contributed by atoms with van der Waals surface area (Å²) >= 11 is 6.01. The van der Waals surface area contributed by atoms with E-state index in [2.05, 4.69) is 41.3 Å². The summed E-state index contributed by atoms with van der Waals surface area (Å²) in [4.78, 5) is 30.8. The second kappa shape index (κ2) is 11.0. The third-order valence-electron chi connectivity index (χ3n) is 2.03. The van der Waals surface area contributed by atoms with Gasteiger partial charge in [0, 0.05) is 10.5 Å². The van der Waals surface area contributed by atoms with E-state index in [9.17, 15) is 19.7 Å². The Morgan fingerprint density at radius 2 is 1.82 bits per heavy atom. The maximum Gasteiger partial charge on any atom is 0.343 e. The summed E-state index contributed by atoms with van der Waals surface area (Å²) in [6.07, 6.45) is 0. The summed E-state index contributed by atoms with van der Waals surface area (Å²) in [7, 11) is 2.56. The molecule has 0 heterocycles. The number of rotatable bonds is 5. The highest BCUT2D eigenvalue weighted by atomic mass is 79.9. The van der Waals surface area contributed by atoms with Crippen molar-refractivity contribution in [1.29, 1.82) is 0 Å². The summed E-state index contributed by atoms with van der Waals surface area (Å²) in [6.45, 7) is -0.362. The second-order valence-electron chi connectivity index (χ2n) is 3.44. The molecule has 0 fully saturated rings. The molecule has 1 aromatic rings. The summed E-state index contributed by atoms with van der Waals surface area (Å²) in [5.74, 6) is -0.814. The van der Waals surface area contributed by atoms with Gasteiger partial charge < -0.3 is 14.2 Å². The minimum absolute atomic E-state index is 0.0265. The Balaban J connectivity index is 0.000000626. The molecule has 0 bridgehead atoms. The van der Waals surface area contributed by atoms with E-state index in [0.29, 0.717) is 4.47 Å². The monoisotopic (exact) mass is 441 g/mol. The van der Waals surface area contributed by atoms with Gasteiger partial charge in [0.25, 0.3) is 0 Å². The van der Waals surface area contributed by atoms with E-state index < -0.39 is 10.9 Å². The first-order valence-electron chi connectivity index (χ1n) is 5.62. The maximum atomic E-state index is 10.8. The Morgan fingerprint density at radius 3 is 2.23 bits per heavy atom. The highest BCUT2D eigenvalue weighted by Crippen LogP contribution is 2.29. The van der Waals surface area contributed by atoms with Crippen LogP contribution in [0.2, 0.25) is 0 Å². The summed E-state index contributed by atoms with van der Waals surface area (Å²) in [5.41, 5.74) is -0.210. The lowest BCUT2D eigenvalue weighted by molar-refractivity contribution is -0.385. The molecule has 0 saturated carbocycles. The number of alkyl halides is 1. The van der Waals surface area contributed by atoms with Gasteiger partial charge in [0.2, 0.25) is 0 Å². The molecule has 0 aliphatic rings. The van der Waals surface area contributed by atoms with Gasteiger partial charge in [-0.2, -0.15) is 0 Å². The van der Waals surface area contributed by atoms with Crippen LogP contribution < -0.4 is 4.74 Å². The van der Waals surface area contributed by atoms with Crippen molar-refractivity contribution in [2.24, 2.45) is 0 Å². The Bertz CT molecular complexity index is 530. The number of methoxy groups -OCH3 is 2. The molecule has 0 saturated heterocycles. The van der Waals surface area contributed by atoms with Gasteiger partial charge >= 0.3 is 17.6 Å². The number of benzene rings is 1. The number of nitro groups is 1. The van der Waals surface area contributed by atoms with Gasteiger partial charge in [0.15, 0.2) is 12.4 Å². The normalized spacial score (nSPS) is 9.09. The minimum atomic E-state index is -0.600. The van der Waals surface area contributed by atoms with Crippen molar-refractivity contribution >= 4 is 49.5 Å². The van der Waals surface area contributed by atoms with Crippen LogP contribution in [0.5, 0.6) is 5.75 Å². The van der Waals surface area contributed by atoms with Crippen LogP contribution in [0.25, 0.3) is 0 Å². The Labute approximate surface area is 143 Å². The van der Waals surface area contributed by atoms with Crippen molar-refractivity contribution < 1.29 is 28.7 Å². The van der Waals surface area contributed by atoms with E-state index in [1.54, 1.807) is 6.07 Å². The van der Waals surface area contributed by atoms with E-state index in [0.717, 1.165) is 0 Å². The van der Waals surface area contributed by atoms with E-state index in [1.807, 2.05) is 0 Å². The fourth-order valence-electron chi connectivity index (χ4n) is 1.01. The number of nitrogens with zero attached hydrogens (tertiary/aromatic N) is 1. The van der Waals surface area contributed by atoms with Crippen LogP contribution in [0.3, 0.4) is 0 Å². The highest BCUT2D eigenvalue weighted by Gasteiger charge is 2.16. The number of hydrogen-bond acceptors (Lipinski definition) is 7. The summed E-state index contributed by atoms with van der Waals surface area (Å²) in [5, 5.41) is 11.0. The van der Waals surface area contributed by atoms with Crippen LogP contribution in [0.4, 0.5) is 5.69 Å². The maximum absolute atomic E-state index is 10.8.